The average molecular weight is 296 g/mol. The van der Waals surface area contributed by atoms with E-state index < -0.39 is 0 Å². The van der Waals surface area contributed by atoms with Crippen LogP contribution >= 0.6 is 15.9 Å². The minimum Gasteiger partial charge on any atom is -0.307 e. The molecule has 1 aliphatic rings. The summed E-state index contributed by atoms with van der Waals surface area (Å²) in [4.78, 5) is 0. The maximum atomic E-state index is 3.77. The molecule has 17 heavy (non-hydrogen) atoms. The van der Waals surface area contributed by atoms with Crippen LogP contribution in [-0.4, -0.2) is 6.04 Å². The monoisotopic (exact) mass is 295 g/mol. The Labute approximate surface area is 113 Å². The lowest BCUT2D eigenvalue weighted by atomic mass is 10.0. The molecule has 1 saturated carbocycles. The standard InChI is InChI=1S/C15H22BrN/c1-3-12-8-9-13(10-12)17-11(2)14-6-4-5-7-15(14)16/h4-7,11-13,17H,3,8-10H2,1-2H3/t11-,12?,13?/m1/s1. The fourth-order valence-corrected chi connectivity index (χ4v) is 3.49. The maximum absolute atomic E-state index is 3.77. The van der Waals surface area contributed by atoms with Gasteiger partial charge in [0.25, 0.3) is 0 Å². The number of benzene rings is 1. The highest BCUT2D eigenvalue weighted by Gasteiger charge is 2.24. The molecule has 0 saturated heterocycles. The zero-order chi connectivity index (χ0) is 12.3. The fourth-order valence-electron chi connectivity index (χ4n) is 2.87. The molecule has 0 aromatic heterocycles. The molecule has 2 unspecified atom stereocenters. The summed E-state index contributed by atoms with van der Waals surface area (Å²) in [5.74, 6) is 0.943. The van der Waals surface area contributed by atoms with Crippen molar-refractivity contribution >= 4 is 15.9 Å². The molecule has 2 rings (SSSR count). The Hall–Kier alpha value is -0.340. The molecule has 3 atom stereocenters. The number of hydrogen-bond donors (Lipinski definition) is 1. The zero-order valence-electron chi connectivity index (χ0n) is 10.7. The molecule has 1 nitrogen and oxygen atoms in total. The molecule has 1 aliphatic carbocycles. The van der Waals surface area contributed by atoms with Crippen LogP contribution < -0.4 is 5.32 Å². The maximum Gasteiger partial charge on any atom is 0.0305 e. The summed E-state index contributed by atoms with van der Waals surface area (Å²) in [5, 5.41) is 3.77. The van der Waals surface area contributed by atoms with Gasteiger partial charge in [0.2, 0.25) is 0 Å². The third-order valence-electron chi connectivity index (χ3n) is 3.98. The van der Waals surface area contributed by atoms with Gasteiger partial charge in [-0.1, -0.05) is 47.5 Å². The van der Waals surface area contributed by atoms with Crippen molar-refractivity contribution in [1.29, 1.82) is 0 Å². The van der Waals surface area contributed by atoms with E-state index in [1.165, 1.54) is 35.7 Å². The Bertz CT molecular complexity index is 364. The van der Waals surface area contributed by atoms with Gasteiger partial charge in [0.1, 0.15) is 0 Å². The second kappa shape index (κ2) is 6.01. The molecule has 94 valence electrons. The van der Waals surface area contributed by atoms with Crippen molar-refractivity contribution in [2.45, 2.75) is 51.6 Å². The SMILES string of the molecule is CCC1CCC(N[C@H](C)c2ccccc2Br)C1. The number of hydrogen-bond acceptors (Lipinski definition) is 1. The van der Waals surface area contributed by atoms with Crippen LogP contribution in [0.2, 0.25) is 0 Å². The zero-order valence-corrected chi connectivity index (χ0v) is 12.3. The molecule has 1 N–H and O–H groups in total. The van der Waals surface area contributed by atoms with E-state index in [1.807, 2.05) is 0 Å². The number of rotatable bonds is 4. The Morgan fingerprint density at radius 2 is 2.12 bits per heavy atom. The van der Waals surface area contributed by atoms with Crippen molar-refractivity contribution in [2.24, 2.45) is 5.92 Å². The Balaban J connectivity index is 1.94. The summed E-state index contributed by atoms with van der Waals surface area (Å²) in [6, 6.07) is 9.66. The second-order valence-corrected chi connectivity index (χ2v) is 6.05. The van der Waals surface area contributed by atoms with E-state index in [4.69, 9.17) is 0 Å². The third-order valence-corrected chi connectivity index (χ3v) is 4.70. The fraction of sp³-hybridized carbons (Fsp3) is 0.600. The number of nitrogens with one attached hydrogen (secondary N) is 1. The van der Waals surface area contributed by atoms with Crippen LogP contribution in [-0.2, 0) is 0 Å². The van der Waals surface area contributed by atoms with Gasteiger partial charge in [0.05, 0.1) is 0 Å². The summed E-state index contributed by atoms with van der Waals surface area (Å²) >= 11 is 3.63. The van der Waals surface area contributed by atoms with Crippen LogP contribution in [0.4, 0.5) is 0 Å². The van der Waals surface area contributed by atoms with Crippen molar-refractivity contribution in [2.75, 3.05) is 0 Å². The molecular weight excluding hydrogens is 274 g/mol. The smallest absolute Gasteiger partial charge is 0.0305 e. The molecular formula is C15H22BrN. The molecule has 1 aromatic carbocycles. The summed E-state index contributed by atoms with van der Waals surface area (Å²) in [7, 11) is 0. The molecule has 1 aromatic rings. The molecule has 1 fully saturated rings. The largest absolute Gasteiger partial charge is 0.307 e. The van der Waals surface area contributed by atoms with Crippen LogP contribution in [0.3, 0.4) is 0 Å². The van der Waals surface area contributed by atoms with Gasteiger partial charge in [-0.2, -0.15) is 0 Å². The van der Waals surface area contributed by atoms with Gasteiger partial charge in [-0.3, -0.25) is 0 Å². The van der Waals surface area contributed by atoms with E-state index in [0.717, 1.165) is 5.92 Å². The van der Waals surface area contributed by atoms with Gasteiger partial charge in [-0.15, -0.1) is 0 Å². The van der Waals surface area contributed by atoms with E-state index in [-0.39, 0.29) is 0 Å². The topological polar surface area (TPSA) is 12.0 Å². The minimum absolute atomic E-state index is 0.436. The van der Waals surface area contributed by atoms with Gasteiger partial charge in [0, 0.05) is 16.6 Å². The summed E-state index contributed by atoms with van der Waals surface area (Å²) in [5.41, 5.74) is 1.37. The highest BCUT2D eigenvalue weighted by atomic mass is 79.9. The summed E-state index contributed by atoms with van der Waals surface area (Å²) in [6.45, 7) is 4.57. The average Bonchev–Trinajstić information content (AvgIpc) is 2.77. The van der Waals surface area contributed by atoms with E-state index in [9.17, 15) is 0 Å². The Kier molecular flexibility index (Phi) is 4.63. The molecule has 0 spiro atoms. The highest BCUT2D eigenvalue weighted by Crippen LogP contribution is 2.30. The first-order valence-electron chi connectivity index (χ1n) is 6.71. The van der Waals surface area contributed by atoms with Gasteiger partial charge in [-0.05, 0) is 43.7 Å². The van der Waals surface area contributed by atoms with Gasteiger partial charge in [-0.25, -0.2) is 0 Å². The minimum atomic E-state index is 0.436. The van der Waals surface area contributed by atoms with Crippen LogP contribution in [0.1, 0.15) is 51.1 Å². The summed E-state index contributed by atoms with van der Waals surface area (Å²) in [6.07, 6.45) is 5.43. The molecule has 0 aliphatic heterocycles. The highest BCUT2D eigenvalue weighted by molar-refractivity contribution is 9.10. The van der Waals surface area contributed by atoms with Gasteiger partial charge < -0.3 is 5.32 Å². The Morgan fingerprint density at radius 1 is 1.35 bits per heavy atom. The van der Waals surface area contributed by atoms with Crippen LogP contribution in [0.5, 0.6) is 0 Å². The van der Waals surface area contributed by atoms with Crippen LogP contribution in [0.15, 0.2) is 28.7 Å². The van der Waals surface area contributed by atoms with Gasteiger partial charge in [0.15, 0.2) is 0 Å². The van der Waals surface area contributed by atoms with Crippen molar-refractivity contribution in [3.8, 4) is 0 Å². The first kappa shape index (κ1) is 13.1. The van der Waals surface area contributed by atoms with E-state index in [1.54, 1.807) is 0 Å². The van der Waals surface area contributed by atoms with Crippen molar-refractivity contribution in [3.05, 3.63) is 34.3 Å². The molecule has 2 heteroatoms. The van der Waals surface area contributed by atoms with E-state index in [0.29, 0.717) is 12.1 Å². The van der Waals surface area contributed by atoms with E-state index in [2.05, 4.69) is 59.4 Å². The lowest BCUT2D eigenvalue weighted by Crippen LogP contribution is -2.29. The first-order chi connectivity index (χ1) is 8.20. The predicted molar refractivity (Wildman–Crippen MR) is 77.1 cm³/mol. The predicted octanol–water partition coefficient (Wildman–Crippen LogP) is 4.68. The quantitative estimate of drug-likeness (QED) is 0.850. The lowest BCUT2D eigenvalue weighted by molar-refractivity contribution is 0.437. The Morgan fingerprint density at radius 3 is 2.76 bits per heavy atom. The van der Waals surface area contributed by atoms with Gasteiger partial charge >= 0.3 is 0 Å². The lowest BCUT2D eigenvalue weighted by Gasteiger charge is -2.21. The van der Waals surface area contributed by atoms with Crippen molar-refractivity contribution in [3.63, 3.8) is 0 Å². The molecule has 0 amide bonds. The summed E-state index contributed by atoms with van der Waals surface area (Å²) < 4.78 is 1.21. The molecule has 0 radical (unpaired) electrons. The molecule has 0 bridgehead atoms. The number of halogens is 1. The molecule has 0 heterocycles. The van der Waals surface area contributed by atoms with E-state index >= 15 is 0 Å². The first-order valence-corrected chi connectivity index (χ1v) is 7.50. The second-order valence-electron chi connectivity index (χ2n) is 5.19. The van der Waals surface area contributed by atoms with Crippen LogP contribution in [0.25, 0.3) is 0 Å². The van der Waals surface area contributed by atoms with Crippen molar-refractivity contribution < 1.29 is 0 Å². The van der Waals surface area contributed by atoms with Crippen molar-refractivity contribution in [1.82, 2.24) is 5.32 Å². The third kappa shape index (κ3) is 3.32. The normalized spacial score (nSPS) is 26.1. The van der Waals surface area contributed by atoms with Crippen LogP contribution in [0, 0.1) is 5.92 Å².